The molecule has 0 atom stereocenters. The van der Waals surface area contributed by atoms with E-state index in [1.807, 2.05) is 12.1 Å². The van der Waals surface area contributed by atoms with E-state index in [9.17, 15) is 9.59 Å². The Kier molecular flexibility index (Phi) is 7.05. The number of ether oxygens (including phenoxy) is 3. The van der Waals surface area contributed by atoms with E-state index in [0.717, 1.165) is 71.2 Å². The van der Waals surface area contributed by atoms with Gasteiger partial charge in [-0.05, 0) is 65.7 Å². The zero-order chi connectivity index (χ0) is 22.8. The van der Waals surface area contributed by atoms with Crippen LogP contribution in [0.4, 0.5) is 0 Å². The third-order valence-electron chi connectivity index (χ3n) is 6.61. The molecular weight excluding hydrogens is 474 g/mol. The summed E-state index contributed by atoms with van der Waals surface area (Å²) in [5, 5.41) is 0. The lowest BCUT2D eigenvalue weighted by Crippen LogP contribution is -2.39. The number of ketones is 2. The number of rotatable bonds is 7. The fourth-order valence-corrected chi connectivity index (χ4v) is 5.91. The lowest BCUT2D eigenvalue weighted by molar-refractivity contribution is -0.117. The number of carbonyl (C=O) groups is 2. The average molecular weight is 504 g/mol. The highest BCUT2D eigenvalue weighted by molar-refractivity contribution is 9.10. The fraction of sp³-hybridized carbons (Fsp3) is 0.520. The molecule has 172 valence electrons. The van der Waals surface area contributed by atoms with Gasteiger partial charge in [0.05, 0.1) is 18.7 Å². The molecule has 0 amide bonds. The number of allylic oxidation sites excluding steroid dienone is 4. The monoisotopic (exact) mass is 503 g/mol. The standard InChI is InChI=1S/C25H30BrNO5/c1-30-12-6-11-27-17-7-4-9-19(28)23(17)22(24-18(27)8-5-10-20(24)29)15-13-16(26)25(32-3)21(14-15)31-2/h13-14,22H,4-12H2,1-3H3. The second kappa shape index (κ2) is 9.79. The first-order valence-corrected chi connectivity index (χ1v) is 12.0. The van der Waals surface area contributed by atoms with Crippen molar-refractivity contribution < 1.29 is 23.8 Å². The van der Waals surface area contributed by atoms with Crippen molar-refractivity contribution in [3.05, 3.63) is 44.7 Å². The summed E-state index contributed by atoms with van der Waals surface area (Å²) in [6, 6.07) is 3.87. The molecule has 0 N–H and O–H groups in total. The van der Waals surface area contributed by atoms with Gasteiger partial charge in [-0.25, -0.2) is 0 Å². The SMILES string of the molecule is COCCCN1C2=C(C(=O)CCC2)C(c2cc(Br)c(OC)c(OC)c2)C2=C1CCCC2=O. The van der Waals surface area contributed by atoms with Crippen LogP contribution in [0, 0.1) is 0 Å². The van der Waals surface area contributed by atoms with Crippen molar-refractivity contribution >= 4 is 27.5 Å². The van der Waals surface area contributed by atoms with Crippen LogP contribution in [0.5, 0.6) is 11.5 Å². The van der Waals surface area contributed by atoms with Gasteiger partial charge < -0.3 is 19.1 Å². The summed E-state index contributed by atoms with van der Waals surface area (Å²) in [5.74, 6) is 1.10. The molecule has 1 aliphatic heterocycles. The Bertz CT molecular complexity index is 952. The van der Waals surface area contributed by atoms with E-state index in [2.05, 4.69) is 20.8 Å². The number of methoxy groups -OCH3 is 3. The zero-order valence-corrected chi connectivity index (χ0v) is 20.5. The number of nitrogens with zero attached hydrogens (tertiary/aromatic N) is 1. The minimum absolute atomic E-state index is 0.142. The Balaban J connectivity index is 1.91. The average Bonchev–Trinajstić information content (AvgIpc) is 2.79. The predicted octanol–water partition coefficient (Wildman–Crippen LogP) is 4.92. The van der Waals surface area contributed by atoms with Gasteiger partial charge in [0.15, 0.2) is 23.1 Å². The minimum Gasteiger partial charge on any atom is -0.493 e. The summed E-state index contributed by atoms with van der Waals surface area (Å²) in [4.78, 5) is 28.9. The second-order valence-electron chi connectivity index (χ2n) is 8.44. The molecule has 0 unspecified atom stereocenters. The van der Waals surface area contributed by atoms with Gasteiger partial charge in [-0.2, -0.15) is 0 Å². The lowest BCUT2D eigenvalue weighted by Gasteiger charge is -2.44. The number of hydrogen-bond acceptors (Lipinski definition) is 6. The summed E-state index contributed by atoms with van der Waals surface area (Å²) in [6.45, 7) is 1.41. The quantitative estimate of drug-likeness (QED) is 0.492. The summed E-state index contributed by atoms with van der Waals surface area (Å²) in [7, 11) is 4.89. The number of halogens is 1. The van der Waals surface area contributed by atoms with E-state index in [0.29, 0.717) is 30.9 Å². The molecule has 6 nitrogen and oxygen atoms in total. The molecule has 0 saturated carbocycles. The largest absolute Gasteiger partial charge is 0.493 e. The Morgan fingerprint density at radius 2 is 1.56 bits per heavy atom. The molecule has 0 aromatic heterocycles. The van der Waals surface area contributed by atoms with Gasteiger partial charge in [-0.3, -0.25) is 9.59 Å². The molecule has 1 heterocycles. The van der Waals surface area contributed by atoms with Gasteiger partial charge in [0.1, 0.15) is 0 Å². The van der Waals surface area contributed by atoms with Gasteiger partial charge >= 0.3 is 0 Å². The van der Waals surface area contributed by atoms with Crippen molar-refractivity contribution in [1.29, 1.82) is 0 Å². The molecule has 0 fully saturated rings. The first-order chi connectivity index (χ1) is 15.5. The first kappa shape index (κ1) is 23.1. The number of benzene rings is 1. The molecule has 2 aliphatic carbocycles. The van der Waals surface area contributed by atoms with E-state index in [-0.39, 0.29) is 17.5 Å². The Labute approximate surface area is 197 Å². The summed E-state index contributed by atoms with van der Waals surface area (Å²) >= 11 is 3.59. The minimum atomic E-state index is -0.365. The molecule has 1 aromatic carbocycles. The molecule has 3 aliphatic rings. The van der Waals surface area contributed by atoms with Crippen molar-refractivity contribution in [2.24, 2.45) is 0 Å². The van der Waals surface area contributed by atoms with Gasteiger partial charge in [0.25, 0.3) is 0 Å². The van der Waals surface area contributed by atoms with E-state index in [1.165, 1.54) is 0 Å². The van der Waals surface area contributed by atoms with Crippen LogP contribution >= 0.6 is 15.9 Å². The second-order valence-corrected chi connectivity index (χ2v) is 9.30. The van der Waals surface area contributed by atoms with Crippen LogP contribution in [0.25, 0.3) is 0 Å². The molecule has 0 bridgehead atoms. The molecule has 4 rings (SSSR count). The zero-order valence-electron chi connectivity index (χ0n) is 19.0. The number of carbonyl (C=O) groups excluding carboxylic acids is 2. The van der Waals surface area contributed by atoms with Crippen LogP contribution in [-0.2, 0) is 14.3 Å². The van der Waals surface area contributed by atoms with Crippen LogP contribution in [0.15, 0.2) is 39.1 Å². The highest BCUT2D eigenvalue weighted by Gasteiger charge is 2.43. The van der Waals surface area contributed by atoms with Gasteiger partial charge in [0.2, 0.25) is 0 Å². The van der Waals surface area contributed by atoms with Crippen LogP contribution < -0.4 is 9.47 Å². The first-order valence-electron chi connectivity index (χ1n) is 11.2. The van der Waals surface area contributed by atoms with Gasteiger partial charge in [-0.15, -0.1) is 0 Å². The number of hydrogen-bond donors (Lipinski definition) is 0. The molecule has 0 spiro atoms. The number of Topliss-reactive ketones (excluding diaryl/α,β-unsaturated/α-hetero) is 2. The molecule has 0 radical (unpaired) electrons. The molecule has 1 aromatic rings. The third-order valence-corrected chi connectivity index (χ3v) is 7.19. The molecular formula is C25H30BrNO5. The third kappa shape index (κ3) is 4.01. The summed E-state index contributed by atoms with van der Waals surface area (Å²) in [5.41, 5.74) is 4.61. The van der Waals surface area contributed by atoms with Crippen molar-refractivity contribution in [2.75, 3.05) is 34.5 Å². The van der Waals surface area contributed by atoms with Crippen LogP contribution in [0.2, 0.25) is 0 Å². The molecule has 0 saturated heterocycles. The molecule has 7 heteroatoms. The maximum absolute atomic E-state index is 13.3. The van der Waals surface area contributed by atoms with Crippen LogP contribution in [0.1, 0.15) is 56.4 Å². The Morgan fingerprint density at radius 1 is 0.938 bits per heavy atom. The van der Waals surface area contributed by atoms with Crippen LogP contribution in [0.3, 0.4) is 0 Å². The lowest BCUT2D eigenvalue weighted by atomic mass is 9.71. The normalized spacial score (nSPS) is 19.3. The van der Waals surface area contributed by atoms with E-state index in [4.69, 9.17) is 14.2 Å². The topological polar surface area (TPSA) is 65.1 Å². The Morgan fingerprint density at radius 3 is 2.09 bits per heavy atom. The van der Waals surface area contributed by atoms with Gasteiger partial charge in [-0.1, -0.05) is 0 Å². The van der Waals surface area contributed by atoms with Crippen molar-refractivity contribution in [3.8, 4) is 11.5 Å². The molecule has 32 heavy (non-hydrogen) atoms. The highest BCUT2D eigenvalue weighted by atomic mass is 79.9. The maximum Gasteiger partial charge on any atom is 0.174 e. The van der Waals surface area contributed by atoms with E-state index >= 15 is 0 Å². The van der Waals surface area contributed by atoms with Crippen molar-refractivity contribution in [2.45, 2.75) is 50.9 Å². The van der Waals surface area contributed by atoms with Crippen molar-refractivity contribution in [3.63, 3.8) is 0 Å². The predicted molar refractivity (Wildman–Crippen MR) is 125 cm³/mol. The van der Waals surface area contributed by atoms with Crippen molar-refractivity contribution in [1.82, 2.24) is 4.90 Å². The van der Waals surface area contributed by atoms with Gasteiger partial charge in [0, 0.05) is 61.6 Å². The summed E-state index contributed by atoms with van der Waals surface area (Å²) < 4.78 is 17.1. The smallest absolute Gasteiger partial charge is 0.174 e. The highest BCUT2D eigenvalue weighted by Crippen LogP contribution is 2.51. The fourth-order valence-electron chi connectivity index (χ4n) is 5.29. The Hall–Kier alpha value is -2.12. The van der Waals surface area contributed by atoms with Crippen LogP contribution in [-0.4, -0.2) is 50.9 Å². The van der Waals surface area contributed by atoms with E-state index < -0.39 is 0 Å². The van der Waals surface area contributed by atoms with E-state index in [1.54, 1.807) is 21.3 Å². The summed E-state index contributed by atoms with van der Waals surface area (Å²) in [6.07, 6.45) is 5.28. The maximum atomic E-state index is 13.3.